The second-order valence-corrected chi connectivity index (χ2v) is 5.29. The number of ether oxygens (including phenoxy) is 2. The Morgan fingerprint density at radius 3 is 2.43 bits per heavy atom. The zero-order chi connectivity index (χ0) is 16.2. The fraction of sp³-hybridized carbons (Fsp3) is 0.417. The van der Waals surface area contributed by atoms with E-state index in [-0.39, 0.29) is 16.1 Å². The summed E-state index contributed by atoms with van der Waals surface area (Å²) in [6.07, 6.45) is -5.65. The van der Waals surface area contributed by atoms with Gasteiger partial charge in [0.25, 0.3) is 5.91 Å². The van der Waals surface area contributed by atoms with Crippen LogP contribution in [0.4, 0.5) is 13.2 Å². The van der Waals surface area contributed by atoms with Crippen molar-refractivity contribution in [2.75, 3.05) is 0 Å². The van der Waals surface area contributed by atoms with Crippen molar-refractivity contribution in [2.45, 2.75) is 26.3 Å². The normalized spacial score (nSPS) is 13.0. The van der Waals surface area contributed by atoms with Crippen molar-refractivity contribution in [3.8, 4) is 11.5 Å². The Morgan fingerprint density at radius 2 is 2.00 bits per heavy atom. The molecule has 5 nitrogen and oxygen atoms in total. The average Bonchev–Trinajstić information content (AvgIpc) is 2.36. The highest BCUT2D eigenvalue weighted by Crippen LogP contribution is 2.33. The maximum Gasteiger partial charge on any atom is 0.573 e. The van der Waals surface area contributed by atoms with Crippen LogP contribution in [-0.4, -0.2) is 18.4 Å². The first-order valence-electron chi connectivity index (χ1n) is 5.86. The van der Waals surface area contributed by atoms with Crippen molar-refractivity contribution < 1.29 is 27.4 Å². The van der Waals surface area contributed by atoms with Crippen LogP contribution in [0.25, 0.3) is 0 Å². The number of alkyl halides is 3. The van der Waals surface area contributed by atoms with Crippen molar-refractivity contribution in [3.05, 3.63) is 22.7 Å². The van der Waals surface area contributed by atoms with Crippen LogP contribution in [-0.2, 0) is 4.79 Å². The summed E-state index contributed by atoms with van der Waals surface area (Å²) in [7, 11) is 0. The summed E-state index contributed by atoms with van der Waals surface area (Å²) >= 11 is 2.95. The number of carbonyl (C=O) groups is 1. The Morgan fingerprint density at radius 1 is 1.38 bits per heavy atom. The second kappa shape index (κ2) is 6.99. The van der Waals surface area contributed by atoms with Gasteiger partial charge < -0.3 is 9.47 Å². The summed E-state index contributed by atoms with van der Waals surface area (Å²) in [5.41, 5.74) is 1.97. The summed E-state index contributed by atoms with van der Waals surface area (Å²) in [6, 6.07) is 3.63. The number of amides is 1. The van der Waals surface area contributed by atoms with E-state index in [1.54, 1.807) is 13.8 Å². The maximum absolute atomic E-state index is 12.1. The van der Waals surface area contributed by atoms with E-state index in [9.17, 15) is 18.0 Å². The lowest BCUT2D eigenvalue weighted by molar-refractivity contribution is -0.274. The van der Waals surface area contributed by atoms with Gasteiger partial charge in [0.15, 0.2) is 6.10 Å². The van der Waals surface area contributed by atoms with E-state index in [1.165, 1.54) is 12.1 Å². The third-order valence-corrected chi connectivity index (χ3v) is 3.02. The number of halogens is 4. The van der Waals surface area contributed by atoms with Crippen LogP contribution in [0.2, 0.25) is 0 Å². The lowest BCUT2D eigenvalue weighted by Crippen LogP contribution is -2.44. The molecule has 0 heterocycles. The molecule has 0 saturated heterocycles. The standard InChI is InChI=1S/C12H14BrF3N2O3/c1-6(2)10(11(19)18-17)20-7-3-4-9(8(13)5-7)21-12(14,15)16/h3-6,10H,17H2,1-2H3,(H,18,19). The van der Waals surface area contributed by atoms with Crippen LogP contribution in [0, 0.1) is 5.92 Å². The number of carbonyl (C=O) groups excluding carboxylic acids is 1. The summed E-state index contributed by atoms with van der Waals surface area (Å²) in [4.78, 5) is 11.6. The highest BCUT2D eigenvalue weighted by molar-refractivity contribution is 9.10. The minimum Gasteiger partial charge on any atom is -0.480 e. The maximum atomic E-state index is 12.1. The minimum absolute atomic E-state index is 0.0491. The van der Waals surface area contributed by atoms with Gasteiger partial charge in [0, 0.05) is 0 Å². The molecule has 0 fully saturated rings. The molecule has 21 heavy (non-hydrogen) atoms. The van der Waals surface area contributed by atoms with E-state index < -0.39 is 24.1 Å². The molecule has 1 aromatic carbocycles. The van der Waals surface area contributed by atoms with Crippen molar-refractivity contribution in [1.29, 1.82) is 0 Å². The molecule has 3 N–H and O–H groups in total. The number of hydrogen-bond acceptors (Lipinski definition) is 4. The summed E-state index contributed by atoms with van der Waals surface area (Å²) in [5, 5.41) is 0. The van der Waals surface area contributed by atoms with E-state index in [1.807, 2.05) is 5.43 Å². The molecule has 118 valence electrons. The Labute approximate surface area is 127 Å². The molecule has 0 aromatic heterocycles. The van der Waals surface area contributed by atoms with E-state index in [0.29, 0.717) is 0 Å². The number of hydrogen-bond donors (Lipinski definition) is 2. The van der Waals surface area contributed by atoms with Crippen LogP contribution >= 0.6 is 15.9 Å². The van der Waals surface area contributed by atoms with Gasteiger partial charge in [-0.25, -0.2) is 5.84 Å². The molecule has 1 rings (SSSR count). The predicted octanol–water partition coefficient (Wildman–Crippen LogP) is 2.74. The molecule has 0 aliphatic heterocycles. The molecule has 0 aliphatic carbocycles. The Hall–Kier alpha value is -1.48. The lowest BCUT2D eigenvalue weighted by Gasteiger charge is -2.21. The number of rotatable bonds is 5. The van der Waals surface area contributed by atoms with E-state index >= 15 is 0 Å². The summed E-state index contributed by atoms with van der Waals surface area (Å²) in [5.74, 6) is 4.14. The third kappa shape index (κ3) is 5.43. The average molecular weight is 371 g/mol. The van der Waals surface area contributed by atoms with Gasteiger partial charge in [-0.15, -0.1) is 13.2 Å². The molecule has 1 atom stereocenters. The van der Waals surface area contributed by atoms with E-state index in [0.717, 1.165) is 6.07 Å². The van der Waals surface area contributed by atoms with Gasteiger partial charge in [-0.3, -0.25) is 10.2 Å². The SMILES string of the molecule is CC(C)C(Oc1ccc(OC(F)(F)F)c(Br)c1)C(=O)NN. The van der Waals surface area contributed by atoms with E-state index in [4.69, 9.17) is 10.6 Å². The van der Waals surface area contributed by atoms with Crippen LogP contribution < -0.4 is 20.7 Å². The molecule has 9 heteroatoms. The molecule has 0 saturated carbocycles. The Balaban J connectivity index is 2.90. The smallest absolute Gasteiger partial charge is 0.480 e. The first-order valence-corrected chi connectivity index (χ1v) is 6.65. The molecule has 0 radical (unpaired) electrons. The van der Waals surface area contributed by atoms with Gasteiger partial charge in [-0.05, 0) is 40.0 Å². The molecule has 1 amide bonds. The quantitative estimate of drug-likeness (QED) is 0.474. The van der Waals surface area contributed by atoms with Gasteiger partial charge in [-0.1, -0.05) is 13.8 Å². The van der Waals surface area contributed by atoms with Gasteiger partial charge in [0.1, 0.15) is 11.5 Å². The summed E-state index contributed by atoms with van der Waals surface area (Å²) < 4.78 is 45.7. The van der Waals surface area contributed by atoms with Crippen molar-refractivity contribution in [3.63, 3.8) is 0 Å². The van der Waals surface area contributed by atoms with Crippen molar-refractivity contribution >= 4 is 21.8 Å². The zero-order valence-corrected chi connectivity index (χ0v) is 12.8. The zero-order valence-electron chi connectivity index (χ0n) is 11.2. The van der Waals surface area contributed by atoms with Gasteiger partial charge in [0.05, 0.1) is 4.47 Å². The third-order valence-electron chi connectivity index (χ3n) is 2.40. The van der Waals surface area contributed by atoms with Gasteiger partial charge >= 0.3 is 6.36 Å². The number of benzene rings is 1. The van der Waals surface area contributed by atoms with Crippen molar-refractivity contribution in [2.24, 2.45) is 11.8 Å². The lowest BCUT2D eigenvalue weighted by atomic mass is 10.1. The Bertz CT molecular complexity index is 509. The fourth-order valence-electron chi connectivity index (χ4n) is 1.48. The number of nitrogens with one attached hydrogen (secondary N) is 1. The largest absolute Gasteiger partial charge is 0.573 e. The predicted molar refractivity (Wildman–Crippen MR) is 72.4 cm³/mol. The fourth-order valence-corrected chi connectivity index (χ4v) is 1.92. The molecular formula is C12H14BrF3N2O3. The Kier molecular flexibility index (Phi) is 5.85. The molecule has 0 bridgehead atoms. The van der Waals surface area contributed by atoms with Crippen LogP contribution in [0.5, 0.6) is 11.5 Å². The molecule has 0 aliphatic rings. The van der Waals surface area contributed by atoms with Crippen molar-refractivity contribution in [1.82, 2.24) is 5.43 Å². The molecular weight excluding hydrogens is 357 g/mol. The van der Waals surface area contributed by atoms with E-state index in [2.05, 4.69) is 20.7 Å². The topological polar surface area (TPSA) is 73.6 Å². The number of nitrogens with two attached hydrogens (primary N) is 1. The molecule has 1 unspecified atom stereocenters. The minimum atomic E-state index is -4.79. The summed E-state index contributed by atoms with van der Waals surface area (Å²) in [6.45, 7) is 3.49. The van der Waals surface area contributed by atoms with Gasteiger partial charge in [-0.2, -0.15) is 0 Å². The first-order chi connectivity index (χ1) is 9.64. The van der Waals surface area contributed by atoms with Gasteiger partial charge in [0.2, 0.25) is 0 Å². The monoisotopic (exact) mass is 370 g/mol. The highest BCUT2D eigenvalue weighted by atomic mass is 79.9. The van der Waals surface area contributed by atoms with Crippen LogP contribution in [0.15, 0.2) is 22.7 Å². The second-order valence-electron chi connectivity index (χ2n) is 4.43. The number of hydrazine groups is 1. The molecule has 0 spiro atoms. The van der Waals surface area contributed by atoms with Crippen LogP contribution in [0.1, 0.15) is 13.8 Å². The highest BCUT2D eigenvalue weighted by Gasteiger charge is 2.32. The first kappa shape index (κ1) is 17.6. The molecule has 1 aromatic rings. The van der Waals surface area contributed by atoms with Crippen LogP contribution in [0.3, 0.4) is 0 Å².